The number of amides is 1. The zero-order valence-electron chi connectivity index (χ0n) is 13.4. The Morgan fingerprint density at radius 1 is 1.35 bits per heavy atom. The summed E-state index contributed by atoms with van der Waals surface area (Å²) in [5, 5.41) is 12.0. The molecule has 1 heterocycles. The number of nitriles is 1. The fraction of sp³-hybridized carbons (Fsp3) is 0.294. The van der Waals surface area contributed by atoms with Crippen LogP contribution in [0.15, 0.2) is 30.5 Å². The molecule has 23 heavy (non-hydrogen) atoms. The number of ether oxygens (including phenoxy) is 2. The van der Waals surface area contributed by atoms with Crippen molar-refractivity contribution in [1.82, 2.24) is 9.88 Å². The van der Waals surface area contributed by atoms with Crippen LogP contribution in [0.5, 0.6) is 5.75 Å². The van der Waals surface area contributed by atoms with Gasteiger partial charge in [0, 0.05) is 19.9 Å². The molecule has 0 aliphatic rings. The monoisotopic (exact) mass is 313 g/mol. The van der Waals surface area contributed by atoms with Gasteiger partial charge in [-0.3, -0.25) is 4.79 Å². The summed E-state index contributed by atoms with van der Waals surface area (Å²) >= 11 is 0. The number of hydrogen-bond donors (Lipinski definition) is 1. The molecule has 0 unspecified atom stereocenters. The summed E-state index contributed by atoms with van der Waals surface area (Å²) < 4.78 is 12.0. The zero-order valence-corrected chi connectivity index (χ0v) is 13.4. The molecule has 0 spiro atoms. The Labute approximate surface area is 135 Å². The molecule has 0 saturated heterocycles. The van der Waals surface area contributed by atoms with Crippen LogP contribution in [0.2, 0.25) is 0 Å². The smallest absolute Gasteiger partial charge is 0.269 e. The second kappa shape index (κ2) is 7.47. The Bertz CT molecular complexity index is 744. The minimum absolute atomic E-state index is 0.285. The average molecular weight is 313 g/mol. The molecule has 0 saturated carbocycles. The van der Waals surface area contributed by atoms with Crippen LogP contribution in [0.25, 0.3) is 5.69 Å². The maximum Gasteiger partial charge on any atom is 0.269 e. The van der Waals surface area contributed by atoms with Crippen molar-refractivity contribution in [3.8, 4) is 17.5 Å². The summed E-state index contributed by atoms with van der Waals surface area (Å²) in [7, 11) is 3.13. The van der Waals surface area contributed by atoms with Gasteiger partial charge in [0.15, 0.2) is 0 Å². The van der Waals surface area contributed by atoms with Crippen molar-refractivity contribution in [3.05, 3.63) is 47.3 Å². The first-order valence-electron chi connectivity index (χ1n) is 7.16. The summed E-state index contributed by atoms with van der Waals surface area (Å²) in [5.74, 6) is 0.300. The quantitative estimate of drug-likeness (QED) is 0.828. The lowest BCUT2D eigenvalue weighted by molar-refractivity contribution is 0.0930. The van der Waals surface area contributed by atoms with Gasteiger partial charge in [-0.15, -0.1) is 0 Å². The van der Waals surface area contributed by atoms with Crippen LogP contribution in [-0.4, -0.2) is 37.8 Å². The first-order valence-corrected chi connectivity index (χ1v) is 7.16. The maximum absolute atomic E-state index is 12.5. The van der Waals surface area contributed by atoms with Gasteiger partial charge in [-0.2, -0.15) is 5.26 Å². The number of nitrogens with one attached hydrogen (secondary N) is 1. The molecule has 1 aromatic carbocycles. The Hall–Kier alpha value is -2.78. The molecule has 6 heteroatoms. The van der Waals surface area contributed by atoms with Crippen LogP contribution in [0, 0.1) is 18.3 Å². The fourth-order valence-corrected chi connectivity index (χ4v) is 2.29. The topological polar surface area (TPSA) is 76.3 Å². The van der Waals surface area contributed by atoms with Crippen LogP contribution < -0.4 is 10.1 Å². The molecular weight excluding hydrogens is 294 g/mol. The maximum atomic E-state index is 12.5. The lowest BCUT2D eigenvalue weighted by Gasteiger charge is -2.14. The van der Waals surface area contributed by atoms with Crippen molar-refractivity contribution in [1.29, 1.82) is 5.26 Å². The number of aryl methyl sites for hydroxylation is 1. The van der Waals surface area contributed by atoms with Gasteiger partial charge in [-0.1, -0.05) is 6.07 Å². The Morgan fingerprint density at radius 2 is 2.13 bits per heavy atom. The van der Waals surface area contributed by atoms with E-state index in [-0.39, 0.29) is 11.6 Å². The van der Waals surface area contributed by atoms with E-state index >= 15 is 0 Å². The highest BCUT2D eigenvalue weighted by Crippen LogP contribution is 2.27. The molecule has 0 aliphatic heterocycles. The lowest BCUT2D eigenvalue weighted by atomic mass is 10.2. The summed E-state index contributed by atoms with van der Waals surface area (Å²) in [6, 6.07) is 9.34. The van der Waals surface area contributed by atoms with Gasteiger partial charge < -0.3 is 19.4 Å². The summed E-state index contributed by atoms with van der Waals surface area (Å²) in [4.78, 5) is 12.5. The molecule has 0 aliphatic carbocycles. The molecule has 2 aromatic rings. The number of hydrogen-bond acceptors (Lipinski definition) is 4. The molecule has 1 amide bonds. The minimum Gasteiger partial charge on any atom is -0.495 e. The molecule has 1 aromatic heterocycles. The van der Waals surface area contributed by atoms with E-state index in [2.05, 4.69) is 11.4 Å². The van der Waals surface area contributed by atoms with E-state index in [4.69, 9.17) is 9.47 Å². The van der Waals surface area contributed by atoms with E-state index < -0.39 is 0 Å². The number of benzene rings is 1. The third-order valence-electron chi connectivity index (χ3n) is 3.41. The van der Waals surface area contributed by atoms with E-state index in [1.807, 2.05) is 25.1 Å². The molecule has 0 bridgehead atoms. The molecule has 0 fully saturated rings. The van der Waals surface area contributed by atoms with Crippen molar-refractivity contribution >= 4 is 5.91 Å². The summed E-state index contributed by atoms with van der Waals surface area (Å²) in [5.41, 5.74) is 2.33. The summed E-state index contributed by atoms with van der Waals surface area (Å²) in [6.45, 7) is 2.73. The largest absolute Gasteiger partial charge is 0.495 e. The highest BCUT2D eigenvalue weighted by molar-refractivity contribution is 5.96. The van der Waals surface area contributed by atoms with E-state index in [1.54, 1.807) is 31.0 Å². The second-order valence-corrected chi connectivity index (χ2v) is 4.98. The number of methoxy groups -OCH3 is 2. The Morgan fingerprint density at radius 3 is 2.78 bits per heavy atom. The van der Waals surface area contributed by atoms with Crippen LogP contribution in [-0.2, 0) is 4.74 Å². The van der Waals surface area contributed by atoms with Gasteiger partial charge in [0.25, 0.3) is 5.91 Å². The molecule has 0 atom stereocenters. The minimum atomic E-state index is -0.327. The first kappa shape index (κ1) is 16.6. The molecule has 2 rings (SSSR count). The normalized spacial score (nSPS) is 10.2. The predicted molar refractivity (Wildman–Crippen MR) is 86.0 cm³/mol. The highest BCUT2D eigenvalue weighted by Gasteiger charge is 2.19. The van der Waals surface area contributed by atoms with Crippen molar-refractivity contribution in [2.45, 2.75) is 6.92 Å². The van der Waals surface area contributed by atoms with Gasteiger partial charge >= 0.3 is 0 Å². The highest BCUT2D eigenvalue weighted by atomic mass is 16.5. The van der Waals surface area contributed by atoms with Crippen LogP contribution in [0.4, 0.5) is 0 Å². The average Bonchev–Trinajstić information content (AvgIpc) is 2.98. The lowest BCUT2D eigenvalue weighted by Crippen LogP contribution is -2.29. The van der Waals surface area contributed by atoms with Gasteiger partial charge in [0.1, 0.15) is 17.5 Å². The predicted octanol–water partition coefficient (Wildman–Crippen LogP) is 2.04. The van der Waals surface area contributed by atoms with Crippen molar-refractivity contribution in [3.63, 3.8) is 0 Å². The van der Waals surface area contributed by atoms with Crippen molar-refractivity contribution < 1.29 is 14.3 Å². The number of rotatable bonds is 6. The van der Waals surface area contributed by atoms with Crippen LogP contribution in [0.1, 0.15) is 21.6 Å². The van der Waals surface area contributed by atoms with Gasteiger partial charge in [0.2, 0.25) is 0 Å². The van der Waals surface area contributed by atoms with E-state index in [1.165, 1.54) is 0 Å². The van der Waals surface area contributed by atoms with E-state index in [0.717, 1.165) is 5.56 Å². The SMILES string of the molecule is COCCNC(=O)c1c(C#N)ccn1-c1cc(C)ccc1OC. The third kappa shape index (κ3) is 3.52. The van der Waals surface area contributed by atoms with Gasteiger partial charge in [-0.05, 0) is 30.7 Å². The molecule has 0 radical (unpaired) electrons. The Kier molecular flexibility index (Phi) is 5.39. The number of carbonyl (C=O) groups excluding carboxylic acids is 1. The van der Waals surface area contributed by atoms with Gasteiger partial charge in [0.05, 0.1) is 25.0 Å². The molecule has 120 valence electrons. The van der Waals surface area contributed by atoms with Crippen molar-refractivity contribution in [2.75, 3.05) is 27.4 Å². The van der Waals surface area contributed by atoms with E-state index in [9.17, 15) is 10.1 Å². The zero-order chi connectivity index (χ0) is 16.8. The standard InChI is InChI=1S/C17H19N3O3/c1-12-4-5-15(23-3)14(10-12)20-8-6-13(11-18)16(20)17(21)19-7-9-22-2/h4-6,8,10H,7,9H2,1-3H3,(H,19,21). The fourth-order valence-electron chi connectivity index (χ4n) is 2.29. The van der Waals surface area contributed by atoms with Gasteiger partial charge in [-0.25, -0.2) is 0 Å². The van der Waals surface area contributed by atoms with Crippen molar-refractivity contribution in [2.24, 2.45) is 0 Å². The number of carbonyl (C=O) groups is 1. The number of aromatic nitrogens is 1. The van der Waals surface area contributed by atoms with Crippen LogP contribution >= 0.6 is 0 Å². The van der Waals surface area contributed by atoms with Crippen LogP contribution in [0.3, 0.4) is 0 Å². The van der Waals surface area contributed by atoms with E-state index in [0.29, 0.717) is 30.2 Å². The molecule has 1 N–H and O–H groups in total. The molecular formula is C17H19N3O3. The number of nitrogens with zero attached hydrogens (tertiary/aromatic N) is 2. The molecule has 6 nitrogen and oxygen atoms in total. The Balaban J connectivity index is 2.49. The summed E-state index contributed by atoms with van der Waals surface area (Å²) in [6.07, 6.45) is 1.70. The third-order valence-corrected chi connectivity index (χ3v) is 3.41. The second-order valence-electron chi connectivity index (χ2n) is 4.98. The first-order chi connectivity index (χ1) is 11.1.